The molecule has 1 amide bonds. The monoisotopic (exact) mass is 958 g/mol. The third kappa shape index (κ3) is 20.3. The molecule has 2 rings (SSSR count). The Balaban J connectivity index is 2.49. The minimum atomic E-state index is -0.609. The van der Waals surface area contributed by atoms with Gasteiger partial charge in [0.05, 0.1) is 42.7 Å². The van der Waals surface area contributed by atoms with Gasteiger partial charge in [0.1, 0.15) is 18.0 Å². The van der Waals surface area contributed by atoms with Crippen LogP contribution in [-0.4, -0.2) is 141 Å². The fourth-order valence-electron chi connectivity index (χ4n) is 9.37. The van der Waals surface area contributed by atoms with Crippen LogP contribution in [0.5, 0.6) is 0 Å². The number of cyclic esters (lactones) is 1. The Labute approximate surface area is 408 Å². The molecule has 0 spiro atoms. The third-order valence-electron chi connectivity index (χ3n) is 13.9. The number of ether oxygens (including phenoxy) is 9. The Bertz CT molecular complexity index is 1700. The summed E-state index contributed by atoms with van der Waals surface area (Å²) in [4.78, 5) is 52.5. The smallest absolute Gasteiger partial charge is 0.331 e. The molecule has 14 heteroatoms. The second kappa shape index (κ2) is 32.2. The Kier molecular flexibility index (Phi) is 28.6. The molecule has 0 aromatic rings. The molecular formula is C54H87NO13. The predicted molar refractivity (Wildman–Crippen MR) is 264 cm³/mol. The van der Waals surface area contributed by atoms with E-state index >= 15 is 0 Å². The SMILES string of the molecule is COC1CC2=CC(=O)O[C@@H](C2)[C@H](C)[C@H](OC)C[C@@H](OC)/C=C/[C@H](C)[C@@H](OC)C[C@@H](OC)/C=C/[C@H](C)[C@@H]([C@@H](C)[C@@H](OC)[C@@H](C)CCC(=O)[C@H](C)[C@@H](C/C=C/N(C)C=O)OC)OC(=O)/C=C/C=C(\C)C1. The number of hydrogen-bond acceptors (Lipinski definition) is 13. The summed E-state index contributed by atoms with van der Waals surface area (Å²) in [6.07, 6.45) is 20.1. The van der Waals surface area contributed by atoms with Crippen LogP contribution in [-0.2, 0) is 61.8 Å². The highest BCUT2D eigenvalue weighted by Gasteiger charge is 2.37. The summed E-state index contributed by atoms with van der Waals surface area (Å²) < 4.78 is 53.8. The summed E-state index contributed by atoms with van der Waals surface area (Å²) in [6.45, 7) is 14.1. The Morgan fingerprint density at radius 2 is 1.43 bits per heavy atom. The van der Waals surface area contributed by atoms with Gasteiger partial charge in [-0.2, -0.15) is 0 Å². The third-order valence-corrected chi connectivity index (χ3v) is 13.9. The molecule has 68 heavy (non-hydrogen) atoms. The van der Waals surface area contributed by atoms with E-state index in [1.54, 1.807) is 75.2 Å². The average Bonchev–Trinajstić information content (AvgIpc) is 3.32. The number of nitrogens with zero attached hydrogens (tertiary/aromatic N) is 1. The van der Waals surface area contributed by atoms with Crippen LogP contribution in [0.4, 0.5) is 0 Å². The van der Waals surface area contributed by atoms with E-state index in [1.807, 2.05) is 65.0 Å². The van der Waals surface area contributed by atoms with Crippen molar-refractivity contribution in [2.75, 3.05) is 56.8 Å². The van der Waals surface area contributed by atoms with E-state index in [4.69, 9.17) is 42.6 Å². The van der Waals surface area contributed by atoms with E-state index in [1.165, 1.54) is 11.0 Å². The van der Waals surface area contributed by atoms with E-state index in [9.17, 15) is 19.2 Å². The first-order valence-electron chi connectivity index (χ1n) is 24.3. The Morgan fingerprint density at radius 3 is 2.00 bits per heavy atom. The number of ketones is 1. The molecular weight excluding hydrogens is 871 g/mol. The van der Waals surface area contributed by atoms with Crippen LogP contribution in [0.2, 0.25) is 0 Å². The summed E-state index contributed by atoms with van der Waals surface area (Å²) >= 11 is 0. The van der Waals surface area contributed by atoms with Crippen molar-refractivity contribution in [1.82, 2.24) is 4.90 Å². The Hall–Kier alpha value is -3.76. The summed E-state index contributed by atoms with van der Waals surface area (Å²) in [5.74, 6) is -1.91. The maximum atomic E-state index is 13.7. The highest BCUT2D eigenvalue weighted by Crippen LogP contribution is 2.33. The van der Waals surface area contributed by atoms with Gasteiger partial charge in [0.25, 0.3) is 0 Å². The standard InChI is InChI=1S/C54H87NO13/c1-35-18-16-20-51(58)68-54(41(7)53(66-15)37(3)23-26-46(57)39(5)47(63-12)19-17-27-55(8)34-56)38(4)22-25-43(60-9)32-48(64-13)36(2)21-24-44(61-10)33-49(65-14)40(6)50-30-42(31-52(59)67-50)29-45(28-35)62-11/h16-18,20-22,24-25,27,31,34,36-41,43-45,47-50,53-54H,19,23,26,28-30,32-33H2,1-15H3/b20-16+,24-21+,25-22+,27-17+,35-18+/t36-,37-,38-,39-,40+,41-,43-,44-,45?,47+,48-,49+,50-,53-,54-/m0/s1. The van der Waals surface area contributed by atoms with Crippen molar-refractivity contribution < 1.29 is 61.8 Å². The summed E-state index contributed by atoms with van der Waals surface area (Å²) in [6, 6.07) is 0. The molecule has 0 aliphatic carbocycles. The van der Waals surface area contributed by atoms with Crippen molar-refractivity contribution >= 4 is 24.1 Å². The molecule has 386 valence electrons. The molecule has 2 heterocycles. The fraction of sp³-hybridized carbons (Fsp3) is 0.704. The molecule has 14 nitrogen and oxygen atoms in total. The molecule has 2 bridgehead atoms. The minimum Gasteiger partial charge on any atom is -0.458 e. The molecule has 0 aromatic carbocycles. The zero-order chi connectivity index (χ0) is 50.9. The van der Waals surface area contributed by atoms with Gasteiger partial charge in [-0.15, -0.1) is 0 Å². The van der Waals surface area contributed by atoms with Gasteiger partial charge in [0, 0.05) is 130 Å². The molecule has 2 aliphatic rings. The van der Waals surface area contributed by atoms with Crippen LogP contribution in [0.15, 0.2) is 72.0 Å². The molecule has 0 saturated carbocycles. The van der Waals surface area contributed by atoms with Crippen LogP contribution in [0.1, 0.15) is 99.8 Å². The van der Waals surface area contributed by atoms with Crippen LogP contribution in [0.25, 0.3) is 0 Å². The van der Waals surface area contributed by atoms with E-state index < -0.39 is 12.1 Å². The topological polar surface area (TPSA) is 155 Å². The van der Waals surface area contributed by atoms with Crippen LogP contribution < -0.4 is 0 Å². The summed E-state index contributed by atoms with van der Waals surface area (Å²) in [5.41, 5.74) is 1.93. The molecule has 0 N–H and O–H groups in total. The lowest BCUT2D eigenvalue weighted by Crippen LogP contribution is -2.41. The number of esters is 2. The van der Waals surface area contributed by atoms with Crippen molar-refractivity contribution in [2.45, 2.75) is 155 Å². The van der Waals surface area contributed by atoms with Crippen molar-refractivity contribution in [3.05, 3.63) is 72.0 Å². The van der Waals surface area contributed by atoms with Gasteiger partial charge >= 0.3 is 11.9 Å². The number of amides is 1. The number of fused-ring (bicyclic) bond motifs is 2. The fourth-order valence-corrected chi connectivity index (χ4v) is 9.37. The first-order chi connectivity index (χ1) is 32.4. The van der Waals surface area contributed by atoms with Crippen LogP contribution >= 0.6 is 0 Å². The highest BCUT2D eigenvalue weighted by molar-refractivity contribution is 5.84. The number of carbonyl (C=O) groups excluding carboxylic acids is 4. The van der Waals surface area contributed by atoms with Gasteiger partial charge in [0.15, 0.2) is 0 Å². The lowest BCUT2D eigenvalue weighted by Gasteiger charge is -2.35. The zero-order valence-corrected chi connectivity index (χ0v) is 43.9. The van der Waals surface area contributed by atoms with Crippen molar-refractivity contribution in [3.8, 4) is 0 Å². The van der Waals surface area contributed by atoms with Gasteiger partial charge in [0.2, 0.25) is 6.41 Å². The minimum absolute atomic E-state index is 0.0107. The van der Waals surface area contributed by atoms with E-state index in [2.05, 4.69) is 19.9 Å². The number of carbonyl (C=O) groups is 4. The number of allylic oxidation sites excluding steroid dienone is 2. The van der Waals surface area contributed by atoms with Gasteiger partial charge in [-0.05, 0) is 38.5 Å². The van der Waals surface area contributed by atoms with E-state index in [0.717, 1.165) is 11.1 Å². The van der Waals surface area contributed by atoms with Crippen molar-refractivity contribution in [3.63, 3.8) is 0 Å². The van der Waals surface area contributed by atoms with Gasteiger partial charge in [-0.3, -0.25) is 9.59 Å². The molecule has 15 atom stereocenters. The normalized spacial score (nSPS) is 31.9. The lowest BCUT2D eigenvalue weighted by atomic mass is 9.81. The number of methoxy groups -OCH3 is 7. The van der Waals surface area contributed by atoms with E-state index in [0.29, 0.717) is 57.8 Å². The largest absolute Gasteiger partial charge is 0.458 e. The maximum absolute atomic E-state index is 13.7. The molecule has 1 unspecified atom stereocenters. The quantitative estimate of drug-likeness (QED) is 0.0691. The lowest BCUT2D eigenvalue weighted by molar-refractivity contribution is -0.152. The number of Topliss-reactive ketones (excluding diaryl/α,β-unsaturated/α-hetero) is 1. The molecule has 2 aliphatic heterocycles. The first kappa shape index (κ1) is 60.4. The van der Waals surface area contributed by atoms with E-state index in [-0.39, 0.29) is 96.1 Å². The van der Waals surface area contributed by atoms with Crippen LogP contribution in [0, 0.1) is 35.5 Å². The Morgan fingerprint density at radius 1 is 0.794 bits per heavy atom. The average molecular weight is 958 g/mol. The molecule has 0 saturated heterocycles. The highest BCUT2D eigenvalue weighted by atomic mass is 16.6. The second-order valence-electron chi connectivity index (χ2n) is 18.9. The van der Waals surface area contributed by atoms with Gasteiger partial charge in [-0.25, -0.2) is 9.59 Å². The van der Waals surface area contributed by atoms with Crippen molar-refractivity contribution in [2.24, 2.45) is 35.5 Å². The zero-order valence-electron chi connectivity index (χ0n) is 43.9. The van der Waals surface area contributed by atoms with Gasteiger partial charge < -0.3 is 47.5 Å². The van der Waals surface area contributed by atoms with Crippen LogP contribution in [0.3, 0.4) is 0 Å². The summed E-state index contributed by atoms with van der Waals surface area (Å²) in [5, 5.41) is 0. The predicted octanol–water partition coefficient (Wildman–Crippen LogP) is 8.59. The first-order valence-corrected chi connectivity index (χ1v) is 24.3. The molecule has 0 aromatic heterocycles. The van der Waals surface area contributed by atoms with Crippen molar-refractivity contribution in [1.29, 1.82) is 0 Å². The van der Waals surface area contributed by atoms with Gasteiger partial charge in [-0.1, -0.05) is 95.2 Å². The summed E-state index contributed by atoms with van der Waals surface area (Å²) in [7, 11) is 13.3. The number of hydrogen-bond donors (Lipinski definition) is 0. The number of rotatable bonds is 19. The molecule has 0 fully saturated rings. The maximum Gasteiger partial charge on any atom is 0.331 e. The second-order valence-corrected chi connectivity index (χ2v) is 18.9. The molecule has 0 radical (unpaired) electrons.